The number of aliphatic hydroxyl groups is 8. The van der Waals surface area contributed by atoms with Crippen LogP contribution in [0, 0.1) is 0 Å². The average molecular weight is 1360 g/mol. The lowest BCUT2D eigenvalue weighted by Gasteiger charge is -2.46. The summed E-state index contributed by atoms with van der Waals surface area (Å²) in [6.07, 6.45) is 75.3. The molecule has 1 amide bonds. The van der Waals surface area contributed by atoms with Crippen LogP contribution in [-0.4, -0.2) is 140 Å². The molecule has 0 aliphatic carbocycles. The number of hydrogen-bond donors (Lipinski definition) is 9. The lowest BCUT2D eigenvalue weighted by Crippen LogP contribution is -2.65. The summed E-state index contributed by atoms with van der Waals surface area (Å²) in [4.78, 5) is 13.4. The fraction of sp³-hybridized carbons (Fsp3) is 0.817. The standard InChI is InChI=1S/C82H147NO13/c1-3-5-7-9-11-13-15-17-19-21-23-25-27-29-31-33-34-35-36-38-39-41-43-45-47-49-51-53-55-57-59-61-63-65-71(86)70(69-93-81-79(92)77(90)80(73(68-85)95-81)96-82-78(91)76(89)75(88)72(67-84)94-82)83-74(87)66-64-62-60-58-56-54-52-50-48-46-44-42-40-37-32-30-28-26-24-22-20-18-16-14-12-10-8-6-4-2/h6,8,12,14,18,20,24,26,47,49,55,57,63,65,70-73,75-82,84-86,88-92H,3-5,7,9-11,13,15-17,19,21-23,25,27-46,48,50-54,56,58-62,64,66-69H2,1-2H3,(H,83,87)/b8-6-,14-12-,20-18-,26-24-,49-47+,57-55+,65-63+. The molecule has 14 heteroatoms. The smallest absolute Gasteiger partial charge is 0.220 e. The molecule has 2 heterocycles. The average Bonchev–Trinajstić information content (AvgIpc) is 0.854. The summed E-state index contributed by atoms with van der Waals surface area (Å²) in [6, 6.07) is -0.944. The van der Waals surface area contributed by atoms with Crippen LogP contribution in [0.3, 0.4) is 0 Å². The Balaban J connectivity index is 1.65. The number of amides is 1. The zero-order chi connectivity index (χ0) is 69.4. The molecule has 0 aromatic carbocycles. The molecular formula is C82H147NO13. The van der Waals surface area contributed by atoms with Gasteiger partial charge in [0.1, 0.15) is 48.8 Å². The molecule has 2 fully saturated rings. The van der Waals surface area contributed by atoms with Crippen LogP contribution >= 0.6 is 0 Å². The number of carbonyl (C=O) groups is 1. The minimum atomic E-state index is -1.80. The number of nitrogens with one attached hydrogen (secondary N) is 1. The lowest BCUT2D eigenvalue weighted by atomic mass is 9.97. The van der Waals surface area contributed by atoms with Crippen LogP contribution in [-0.2, 0) is 23.7 Å². The van der Waals surface area contributed by atoms with Crippen molar-refractivity contribution in [1.29, 1.82) is 0 Å². The van der Waals surface area contributed by atoms with E-state index in [0.717, 1.165) is 70.6 Å². The molecule has 0 saturated carbocycles. The highest BCUT2D eigenvalue weighted by molar-refractivity contribution is 5.76. The highest BCUT2D eigenvalue weighted by Crippen LogP contribution is 2.30. The van der Waals surface area contributed by atoms with Crippen molar-refractivity contribution in [1.82, 2.24) is 5.32 Å². The fourth-order valence-electron chi connectivity index (χ4n) is 12.8. The Morgan fingerprint density at radius 2 is 0.729 bits per heavy atom. The zero-order valence-electron chi connectivity index (χ0n) is 61.1. The number of carbonyl (C=O) groups excluding carboxylic acids is 1. The summed E-state index contributed by atoms with van der Waals surface area (Å²) in [5.74, 6) is -0.252. The van der Waals surface area contributed by atoms with Crippen molar-refractivity contribution in [3.63, 3.8) is 0 Å². The molecule has 2 saturated heterocycles. The third-order valence-electron chi connectivity index (χ3n) is 19.0. The zero-order valence-corrected chi connectivity index (χ0v) is 61.1. The normalized spacial score (nSPS) is 22.7. The molecule has 12 atom stereocenters. The van der Waals surface area contributed by atoms with Gasteiger partial charge in [-0.3, -0.25) is 4.79 Å². The molecule has 96 heavy (non-hydrogen) atoms. The Labute approximate surface area is 586 Å². The largest absolute Gasteiger partial charge is 0.394 e. The number of ether oxygens (including phenoxy) is 4. The van der Waals surface area contributed by atoms with Crippen LogP contribution < -0.4 is 5.32 Å². The first-order chi connectivity index (χ1) is 47.1. The van der Waals surface area contributed by atoms with Crippen LogP contribution in [0.1, 0.15) is 335 Å². The lowest BCUT2D eigenvalue weighted by molar-refractivity contribution is -0.359. The second kappa shape index (κ2) is 65.5. The molecule has 12 unspecified atom stereocenters. The number of hydrogen-bond acceptors (Lipinski definition) is 13. The summed E-state index contributed by atoms with van der Waals surface area (Å²) in [7, 11) is 0. The van der Waals surface area contributed by atoms with Crippen molar-refractivity contribution >= 4 is 5.91 Å². The quantitative estimate of drug-likeness (QED) is 0.0204. The molecular weight excluding hydrogens is 1210 g/mol. The SMILES string of the molecule is CC/C=C\C/C=C\C/C=C\C/C=C\CCCCCCCCCCCCCCCCCCC(=O)NC(COC1OC(CO)C(OC2OC(CO)C(O)C(O)C2O)C(O)C1O)C(O)/C=C/CC/C=C/CC/C=C/CCCCCCCCCCCCCCCCCCCCCCCCC. The van der Waals surface area contributed by atoms with E-state index in [-0.39, 0.29) is 18.9 Å². The van der Waals surface area contributed by atoms with E-state index in [0.29, 0.717) is 12.8 Å². The summed E-state index contributed by atoms with van der Waals surface area (Å²) < 4.78 is 22.9. The molecule has 0 aromatic rings. The van der Waals surface area contributed by atoms with Crippen LogP contribution in [0.15, 0.2) is 85.1 Å². The predicted molar refractivity (Wildman–Crippen MR) is 396 cm³/mol. The maximum Gasteiger partial charge on any atom is 0.220 e. The van der Waals surface area contributed by atoms with E-state index < -0.39 is 86.8 Å². The number of allylic oxidation sites excluding steroid dienone is 13. The first kappa shape index (κ1) is 89.3. The van der Waals surface area contributed by atoms with Crippen molar-refractivity contribution in [2.24, 2.45) is 0 Å². The third kappa shape index (κ3) is 48.1. The Hall–Kier alpha value is -2.83. The van der Waals surface area contributed by atoms with Crippen LogP contribution in [0.5, 0.6) is 0 Å². The van der Waals surface area contributed by atoms with Crippen molar-refractivity contribution in [2.75, 3.05) is 19.8 Å². The van der Waals surface area contributed by atoms with Gasteiger partial charge in [0.2, 0.25) is 5.91 Å². The first-order valence-corrected chi connectivity index (χ1v) is 39.8. The molecule has 2 aliphatic rings. The molecule has 14 nitrogen and oxygen atoms in total. The predicted octanol–water partition coefficient (Wildman–Crippen LogP) is 17.9. The van der Waals surface area contributed by atoms with E-state index in [9.17, 15) is 45.6 Å². The van der Waals surface area contributed by atoms with Crippen molar-refractivity contribution in [2.45, 2.75) is 408 Å². The Morgan fingerprint density at radius 1 is 0.385 bits per heavy atom. The Bertz CT molecular complexity index is 1940. The highest BCUT2D eigenvalue weighted by atomic mass is 16.7. The minimum Gasteiger partial charge on any atom is -0.394 e. The van der Waals surface area contributed by atoms with Crippen molar-refractivity contribution in [3.8, 4) is 0 Å². The van der Waals surface area contributed by atoms with Crippen molar-refractivity contribution in [3.05, 3.63) is 85.1 Å². The second-order valence-electron chi connectivity index (χ2n) is 27.8. The number of rotatable bonds is 66. The summed E-state index contributed by atoms with van der Waals surface area (Å²) in [6.45, 7) is 2.71. The van der Waals surface area contributed by atoms with Crippen molar-refractivity contribution < 1.29 is 64.6 Å². The van der Waals surface area contributed by atoms with Gasteiger partial charge in [-0.2, -0.15) is 0 Å². The van der Waals surface area contributed by atoms with E-state index in [2.05, 4.69) is 92.1 Å². The van der Waals surface area contributed by atoms with Crippen LogP contribution in [0.2, 0.25) is 0 Å². The van der Waals surface area contributed by atoms with E-state index >= 15 is 0 Å². The maximum atomic E-state index is 13.4. The molecule has 2 aliphatic heterocycles. The first-order valence-electron chi connectivity index (χ1n) is 39.8. The maximum absolute atomic E-state index is 13.4. The van der Waals surface area contributed by atoms with Gasteiger partial charge in [0.15, 0.2) is 12.6 Å². The molecule has 9 N–H and O–H groups in total. The molecule has 0 spiro atoms. The molecule has 0 radical (unpaired) electrons. The van der Waals surface area contributed by atoms with Gasteiger partial charge < -0.3 is 65.1 Å². The third-order valence-corrected chi connectivity index (χ3v) is 19.0. The van der Waals surface area contributed by atoms with Gasteiger partial charge in [-0.1, -0.05) is 330 Å². The van der Waals surface area contributed by atoms with Gasteiger partial charge in [0.25, 0.3) is 0 Å². The van der Waals surface area contributed by atoms with Gasteiger partial charge in [-0.15, -0.1) is 0 Å². The number of unbranched alkanes of at least 4 members (excludes halogenated alkanes) is 41. The van der Waals surface area contributed by atoms with Crippen LogP contribution in [0.25, 0.3) is 0 Å². The van der Waals surface area contributed by atoms with E-state index in [1.54, 1.807) is 6.08 Å². The van der Waals surface area contributed by atoms with Gasteiger partial charge in [-0.25, -0.2) is 0 Å². The van der Waals surface area contributed by atoms with Gasteiger partial charge in [0, 0.05) is 6.42 Å². The highest BCUT2D eigenvalue weighted by Gasteiger charge is 2.51. The summed E-state index contributed by atoms with van der Waals surface area (Å²) >= 11 is 0. The molecule has 558 valence electrons. The van der Waals surface area contributed by atoms with E-state index in [1.165, 1.54) is 231 Å². The second-order valence-corrected chi connectivity index (χ2v) is 27.8. The van der Waals surface area contributed by atoms with Gasteiger partial charge in [0.05, 0.1) is 32.0 Å². The van der Waals surface area contributed by atoms with Crippen LogP contribution in [0.4, 0.5) is 0 Å². The van der Waals surface area contributed by atoms with E-state index in [1.807, 2.05) is 6.08 Å². The minimum absolute atomic E-state index is 0.252. The number of aliphatic hydroxyl groups excluding tert-OH is 8. The molecule has 2 rings (SSSR count). The Kier molecular flexibility index (Phi) is 60.9. The monoisotopic (exact) mass is 1350 g/mol. The molecule has 0 bridgehead atoms. The van der Waals surface area contributed by atoms with Gasteiger partial charge in [-0.05, 0) is 83.5 Å². The van der Waals surface area contributed by atoms with E-state index in [4.69, 9.17) is 18.9 Å². The Morgan fingerprint density at radius 3 is 1.15 bits per heavy atom. The van der Waals surface area contributed by atoms with Gasteiger partial charge >= 0.3 is 0 Å². The molecule has 0 aromatic heterocycles. The topological polar surface area (TPSA) is 228 Å². The summed E-state index contributed by atoms with van der Waals surface area (Å²) in [5, 5.41) is 87.6. The summed E-state index contributed by atoms with van der Waals surface area (Å²) in [5.41, 5.74) is 0. The fourth-order valence-corrected chi connectivity index (χ4v) is 12.8.